The average Bonchev–Trinajstić information content (AvgIpc) is 2.75. The van der Waals surface area contributed by atoms with Crippen molar-refractivity contribution < 1.29 is 0 Å². The molecule has 1 aliphatic carbocycles. The Morgan fingerprint density at radius 2 is 1.89 bits per heavy atom. The highest BCUT2D eigenvalue weighted by Crippen LogP contribution is 2.26. The highest BCUT2D eigenvalue weighted by molar-refractivity contribution is 5.67. The van der Waals surface area contributed by atoms with Crippen LogP contribution in [0, 0.1) is 11.3 Å². The van der Waals surface area contributed by atoms with E-state index in [1.807, 2.05) is 30.3 Å². The molecule has 1 aromatic carbocycles. The van der Waals surface area contributed by atoms with Gasteiger partial charge in [-0.1, -0.05) is 25.3 Å². The zero-order valence-corrected chi connectivity index (χ0v) is 15.6. The van der Waals surface area contributed by atoms with Gasteiger partial charge in [0.1, 0.15) is 5.82 Å². The number of pyridine rings is 1. The SMILES string of the molecule is N#Cc1cccc(Nc2cc(-c3cccnc3)nc(NC3CCCCC3)n2)c1. The van der Waals surface area contributed by atoms with Gasteiger partial charge in [-0.2, -0.15) is 10.2 Å². The van der Waals surface area contributed by atoms with Crippen molar-refractivity contribution in [3.8, 4) is 17.3 Å². The van der Waals surface area contributed by atoms with Crippen LogP contribution in [0.25, 0.3) is 11.3 Å². The average molecular weight is 370 g/mol. The molecule has 2 heterocycles. The lowest BCUT2D eigenvalue weighted by molar-refractivity contribution is 0.461. The van der Waals surface area contributed by atoms with E-state index in [-0.39, 0.29) is 0 Å². The van der Waals surface area contributed by atoms with Crippen LogP contribution in [0.4, 0.5) is 17.5 Å². The molecule has 3 aromatic rings. The summed E-state index contributed by atoms with van der Waals surface area (Å²) in [6.07, 6.45) is 9.63. The zero-order valence-electron chi connectivity index (χ0n) is 15.6. The second kappa shape index (κ2) is 8.49. The molecule has 0 spiro atoms. The predicted octanol–water partition coefficient (Wildman–Crippen LogP) is 4.90. The van der Waals surface area contributed by atoms with Crippen molar-refractivity contribution in [2.24, 2.45) is 0 Å². The number of anilines is 3. The highest BCUT2D eigenvalue weighted by atomic mass is 15.2. The molecule has 1 aliphatic rings. The van der Waals surface area contributed by atoms with Crippen LogP contribution in [0.3, 0.4) is 0 Å². The number of nitrogens with zero attached hydrogens (tertiary/aromatic N) is 4. The second-order valence-electron chi connectivity index (χ2n) is 7.00. The first-order chi connectivity index (χ1) is 13.8. The lowest BCUT2D eigenvalue weighted by Crippen LogP contribution is -2.23. The molecule has 6 nitrogen and oxygen atoms in total. The first kappa shape index (κ1) is 17.9. The minimum Gasteiger partial charge on any atom is -0.351 e. The summed E-state index contributed by atoms with van der Waals surface area (Å²) in [6.45, 7) is 0. The van der Waals surface area contributed by atoms with Gasteiger partial charge >= 0.3 is 0 Å². The molecule has 0 saturated heterocycles. The Hall–Kier alpha value is -3.46. The molecule has 0 atom stereocenters. The smallest absolute Gasteiger partial charge is 0.225 e. The fraction of sp³-hybridized carbons (Fsp3) is 0.273. The monoisotopic (exact) mass is 370 g/mol. The molecular weight excluding hydrogens is 348 g/mol. The normalized spacial score (nSPS) is 14.2. The van der Waals surface area contributed by atoms with E-state index in [1.165, 1.54) is 19.3 Å². The van der Waals surface area contributed by atoms with E-state index in [0.29, 0.717) is 23.4 Å². The van der Waals surface area contributed by atoms with Crippen LogP contribution in [0.15, 0.2) is 54.9 Å². The van der Waals surface area contributed by atoms with Crippen LogP contribution in [0.2, 0.25) is 0 Å². The van der Waals surface area contributed by atoms with Gasteiger partial charge in [0.15, 0.2) is 0 Å². The van der Waals surface area contributed by atoms with Crippen LogP contribution in [0.1, 0.15) is 37.7 Å². The van der Waals surface area contributed by atoms with Gasteiger partial charge in [-0.05, 0) is 43.2 Å². The molecule has 0 unspecified atom stereocenters. The van der Waals surface area contributed by atoms with Crippen molar-refractivity contribution in [2.45, 2.75) is 38.1 Å². The molecule has 28 heavy (non-hydrogen) atoms. The number of benzene rings is 1. The van der Waals surface area contributed by atoms with E-state index in [9.17, 15) is 0 Å². The third-order valence-corrected chi connectivity index (χ3v) is 4.89. The van der Waals surface area contributed by atoms with Crippen molar-refractivity contribution in [1.82, 2.24) is 15.0 Å². The summed E-state index contributed by atoms with van der Waals surface area (Å²) in [4.78, 5) is 13.6. The van der Waals surface area contributed by atoms with Crippen LogP contribution in [-0.2, 0) is 0 Å². The Balaban J connectivity index is 1.65. The Labute approximate surface area is 164 Å². The van der Waals surface area contributed by atoms with Crippen molar-refractivity contribution in [2.75, 3.05) is 10.6 Å². The number of hydrogen-bond acceptors (Lipinski definition) is 6. The predicted molar refractivity (Wildman–Crippen MR) is 110 cm³/mol. The van der Waals surface area contributed by atoms with E-state index in [1.54, 1.807) is 24.5 Å². The van der Waals surface area contributed by atoms with E-state index < -0.39 is 0 Å². The van der Waals surface area contributed by atoms with Crippen LogP contribution < -0.4 is 10.6 Å². The maximum atomic E-state index is 9.13. The third-order valence-electron chi connectivity index (χ3n) is 4.89. The highest BCUT2D eigenvalue weighted by Gasteiger charge is 2.15. The van der Waals surface area contributed by atoms with Crippen molar-refractivity contribution in [1.29, 1.82) is 5.26 Å². The summed E-state index contributed by atoms with van der Waals surface area (Å²) >= 11 is 0. The summed E-state index contributed by atoms with van der Waals surface area (Å²) in [6, 6.07) is 15.7. The molecule has 0 aliphatic heterocycles. The molecule has 2 N–H and O–H groups in total. The summed E-state index contributed by atoms with van der Waals surface area (Å²) in [5.74, 6) is 1.30. The molecule has 0 amide bonds. The number of rotatable bonds is 5. The Morgan fingerprint density at radius 1 is 1.00 bits per heavy atom. The van der Waals surface area contributed by atoms with Gasteiger partial charge in [-0.15, -0.1) is 0 Å². The van der Waals surface area contributed by atoms with Crippen molar-refractivity contribution in [3.63, 3.8) is 0 Å². The van der Waals surface area contributed by atoms with Gasteiger partial charge in [0.05, 0.1) is 17.3 Å². The lowest BCUT2D eigenvalue weighted by Gasteiger charge is -2.23. The standard InChI is InChI=1S/C22H22N6/c23-14-16-6-4-10-19(12-16)25-21-13-20(17-7-5-11-24-15-17)27-22(28-21)26-18-8-2-1-3-9-18/h4-7,10-13,15,18H,1-3,8-9H2,(H2,25,26,27,28). The Kier molecular flexibility index (Phi) is 5.43. The maximum absolute atomic E-state index is 9.13. The summed E-state index contributed by atoms with van der Waals surface area (Å²) in [7, 11) is 0. The van der Waals surface area contributed by atoms with Gasteiger partial charge in [0.25, 0.3) is 0 Å². The molecule has 6 heteroatoms. The number of nitrogens with one attached hydrogen (secondary N) is 2. The van der Waals surface area contributed by atoms with Crippen LogP contribution in [0.5, 0.6) is 0 Å². The summed E-state index contributed by atoms with van der Waals surface area (Å²) in [5.41, 5.74) is 3.16. The fourth-order valence-electron chi connectivity index (χ4n) is 3.48. The topological polar surface area (TPSA) is 86.5 Å². The molecule has 140 valence electrons. The van der Waals surface area contributed by atoms with E-state index in [4.69, 9.17) is 10.2 Å². The Morgan fingerprint density at radius 3 is 2.68 bits per heavy atom. The molecule has 0 bridgehead atoms. The molecule has 2 aromatic heterocycles. The largest absolute Gasteiger partial charge is 0.351 e. The van der Waals surface area contributed by atoms with Gasteiger partial charge in [-0.25, -0.2) is 4.98 Å². The number of hydrogen-bond donors (Lipinski definition) is 2. The Bertz CT molecular complexity index is 974. The molecule has 0 radical (unpaired) electrons. The van der Waals surface area contributed by atoms with E-state index in [0.717, 1.165) is 29.8 Å². The summed E-state index contributed by atoms with van der Waals surface area (Å²) in [5, 5.41) is 15.9. The van der Waals surface area contributed by atoms with Crippen LogP contribution >= 0.6 is 0 Å². The first-order valence-corrected chi connectivity index (χ1v) is 9.63. The second-order valence-corrected chi connectivity index (χ2v) is 7.00. The molecule has 1 fully saturated rings. The first-order valence-electron chi connectivity index (χ1n) is 9.63. The van der Waals surface area contributed by atoms with E-state index in [2.05, 4.69) is 26.7 Å². The third kappa shape index (κ3) is 4.44. The molecule has 1 saturated carbocycles. The van der Waals surface area contributed by atoms with Crippen LogP contribution in [-0.4, -0.2) is 21.0 Å². The minimum atomic E-state index is 0.410. The molecular formula is C22H22N6. The van der Waals surface area contributed by atoms with Crippen molar-refractivity contribution >= 4 is 17.5 Å². The zero-order chi connectivity index (χ0) is 19.2. The van der Waals surface area contributed by atoms with Gasteiger partial charge < -0.3 is 10.6 Å². The lowest BCUT2D eigenvalue weighted by atomic mass is 9.96. The quantitative estimate of drug-likeness (QED) is 0.664. The fourth-order valence-corrected chi connectivity index (χ4v) is 3.48. The number of nitriles is 1. The van der Waals surface area contributed by atoms with Crippen molar-refractivity contribution in [3.05, 3.63) is 60.4 Å². The maximum Gasteiger partial charge on any atom is 0.225 e. The minimum absolute atomic E-state index is 0.410. The van der Waals surface area contributed by atoms with Gasteiger partial charge in [0.2, 0.25) is 5.95 Å². The van der Waals surface area contributed by atoms with Gasteiger partial charge in [0, 0.05) is 35.8 Å². The molecule has 4 rings (SSSR count). The van der Waals surface area contributed by atoms with E-state index >= 15 is 0 Å². The summed E-state index contributed by atoms with van der Waals surface area (Å²) < 4.78 is 0. The number of aromatic nitrogens is 3. The van der Waals surface area contributed by atoms with Gasteiger partial charge in [-0.3, -0.25) is 4.98 Å².